The zero-order valence-electron chi connectivity index (χ0n) is 15.9. The third-order valence-corrected chi connectivity index (χ3v) is 6.64. The molecule has 0 aliphatic carbocycles. The van der Waals surface area contributed by atoms with Crippen molar-refractivity contribution < 1.29 is 17.9 Å². The van der Waals surface area contributed by atoms with E-state index in [1.807, 2.05) is 29.6 Å². The lowest BCUT2D eigenvalue weighted by Crippen LogP contribution is -2.27. The summed E-state index contributed by atoms with van der Waals surface area (Å²) >= 11 is 1.33. The van der Waals surface area contributed by atoms with Crippen LogP contribution >= 0.6 is 11.3 Å². The number of carbonyl (C=O) groups excluding carboxylic acids is 1. The summed E-state index contributed by atoms with van der Waals surface area (Å²) in [6.07, 6.45) is 1.77. The van der Waals surface area contributed by atoms with Gasteiger partial charge in [-0.05, 0) is 42.3 Å². The van der Waals surface area contributed by atoms with Gasteiger partial charge in [-0.15, -0.1) is 11.3 Å². The second-order valence-electron chi connectivity index (χ2n) is 6.62. The summed E-state index contributed by atoms with van der Waals surface area (Å²) in [7, 11) is -1.71. The lowest BCUT2D eigenvalue weighted by atomic mass is 10.1. The smallest absolute Gasteiger partial charge is 0.257 e. The van der Waals surface area contributed by atoms with Crippen LogP contribution in [0.15, 0.2) is 47.8 Å². The van der Waals surface area contributed by atoms with Gasteiger partial charge in [-0.25, -0.2) is 13.4 Å². The van der Waals surface area contributed by atoms with Crippen LogP contribution in [0.25, 0.3) is 11.3 Å². The first-order valence-corrected chi connectivity index (χ1v) is 11.6. The van der Waals surface area contributed by atoms with Crippen molar-refractivity contribution in [3.05, 3.63) is 59.0 Å². The van der Waals surface area contributed by atoms with Gasteiger partial charge in [0.25, 0.3) is 5.91 Å². The Hall–Kier alpha value is -2.91. The van der Waals surface area contributed by atoms with E-state index < -0.39 is 10.0 Å². The monoisotopic (exact) mass is 429 g/mol. The molecule has 150 valence electrons. The summed E-state index contributed by atoms with van der Waals surface area (Å²) in [5.74, 6) is 0.427. The number of para-hydroxylation sites is 1. The fraction of sp³-hybridized carbons (Fsp3) is 0.200. The Morgan fingerprint density at radius 1 is 1.24 bits per heavy atom. The maximum Gasteiger partial charge on any atom is 0.257 e. The molecule has 2 aromatic carbocycles. The number of sulfonamides is 1. The van der Waals surface area contributed by atoms with E-state index >= 15 is 0 Å². The van der Waals surface area contributed by atoms with E-state index in [9.17, 15) is 13.2 Å². The maximum absolute atomic E-state index is 12.7. The summed E-state index contributed by atoms with van der Waals surface area (Å²) in [4.78, 5) is 17.2. The molecule has 0 fully saturated rings. The Labute approximate surface area is 173 Å². The van der Waals surface area contributed by atoms with Crippen LogP contribution in [0.2, 0.25) is 0 Å². The number of benzene rings is 2. The van der Waals surface area contributed by atoms with Crippen molar-refractivity contribution in [3.8, 4) is 17.0 Å². The molecule has 0 saturated carbocycles. The molecule has 1 aliphatic rings. The van der Waals surface area contributed by atoms with Crippen molar-refractivity contribution in [3.63, 3.8) is 0 Å². The Morgan fingerprint density at radius 2 is 2.03 bits per heavy atom. The summed E-state index contributed by atoms with van der Waals surface area (Å²) in [6, 6.07) is 12.6. The van der Waals surface area contributed by atoms with Crippen LogP contribution in [-0.2, 0) is 16.4 Å². The maximum atomic E-state index is 12.7. The first-order chi connectivity index (χ1) is 13.9. The predicted molar refractivity (Wildman–Crippen MR) is 114 cm³/mol. The number of aromatic nitrogens is 1. The highest BCUT2D eigenvalue weighted by atomic mass is 32.2. The molecular formula is C20H19N3O4S2. The quantitative estimate of drug-likeness (QED) is 0.672. The largest absolute Gasteiger partial charge is 0.496 e. The number of nitrogens with one attached hydrogen (secondary N) is 1. The third kappa shape index (κ3) is 3.83. The summed E-state index contributed by atoms with van der Waals surface area (Å²) in [5.41, 5.74) is 3.52. The van der Waals surface area contributed by atoms with Crippen LogP contribution in [0.5, 0.6) is 5.75 Å². The van der Waals surface area contributed by atoms with Gasteiger partial charge in [-0.2, -0.15) is 0 Å². The summed E-state index contributed by atoms with van der Waals surface area (Å²) in [6.45, 7) is 0.397. The number of methoxy groups -OCH3 is 1. The van der Waals surface area contributed by atoms with Crippen molar-refractivity contribution in [1.29, 1.82) is 0 Å². The second kappa shape index (κ2) is 7.49. The van der Waals surface area contributed by atoms with Crippen LogP contribution in [0.4, 0.5) is 10.8 Å². The lowest BCUT2D eigenvalue weighted by molar-refractivity contribution is 0.102. The van der Waals surface area contributed by atoms with E-state index in [4.69, 9.17) is 4.74 Å². The highest BCUT2D eigenvalue weighted by Gasteiger charge is 2.26. The molecule has 0 bridgehead atoms. The van der Waals surface area contributed by atoms with Gasteiger partial charge < -0.3 is 4.74 Å². The van der Waals surface area contributed by atoms with E-state index in [0.717, 1.165) is 16.8 Å². The van der Waals surface area contributed by atoms with Crippen molar-refractivity contribution in [2.24, 2.45) is 0 Å². The fourth-order valence-electron chi connectivity index (χ4n) is 3.34. The molecule has 3 aromatic rings. The molecule has 0 saturated heterocycles. The van der Waals surface area contributed by atoms with Crippen LogP contribution in [-0.4, -0.2) is 39.2 Å². The number of ether oxygens (including phenoxy) is 1. The Balaban J connectivity index is 1.53. The predicted octanol–water partition coefficient (Wildman–Crippen LogP) is 3.39. The van der Waals surface area contributed by atoms with E-state index in [-0.39, 0.29) is 5.91 Å². The van der Waals surface area contributed by atoms with Crippen LogP contribution < -0.4 is 14.4 Å². The van der Waals surface area contributed by atoms with Gasteiger partial charge in [0, 0.05) is 23.1 Å². The van der Waals surface area contributed by atoms with Crippen LogP contribution in [0.3, 0.4) is 0 Å². The van der Waals surface area contributed by atoms with Crippen molar-refractivity contribution in [1.82, 2.24) is 4.98 Å². The number of hydrogen-bond acceptors (Lipinski definition) is 6. The van der Waals surface area contributed by atoms with Gasteiger partial charge in [-0.3, -0.25) is 14.4 Å². The number of fused-ring (bicyclic) bond motifs is 1. The number of anilines is 2. The van der Waals surface area contributed by atoms with Crippen molar-refractivity contribution in [2.75, 3.05) is 29.5 Å². The highest BCUT2D eigenvalue weighted by Crippen LogP contribution is 2.33. The molecule has 0 atom stereocenters. The third-order valence-electron chi connectivity index (χ3n) is 4.70. The van der Waals surface area contributed by atoms with E-state index in [1.165, 1.54) is 21.9 Å². The molecule has 1 amide bonds. The SMILES string of the molecule is COc1ccccc1-c1csc(NC(=O)c2ccc3c(c2)CCN3S(C)(=O)=O)n1. The van der Waals surface area contributed by atoms with E-state index in [0.29, 0.717) is 35.1 Å². The minimum absolute atomic E-state index is 0.286. The number of carbonyl (C=O) groups is 1. The first kappa shape index (κ1) is 19.4. The van der Waals surface area contributed by atoms with Gasteiger partial charge in [0.15, 0.2) is 5.13 Å². The molecule has 1 aliphatic heterocycles. The number of thiazole rings is 1. The van der Waals surface area contributed by atoms with Crippen molar-refractivity contribution in [2.45, 2.75) is 6.42 Å². The van der Waals surface area contributed by atoms with Gasteiger partial charge in [0.05, 0.1) is 24.7 Å². The second-order valence-corrected chi connectivity index (χ2v) is 9.39. The fourth-order valence-corrected chi connectivity index (χ4v) is 5.00. The lowest BCUT2D eigenvalue weighted by Gasteiger charge is -2.16. The number of nitrogens with zero attached hydrogens (tertiary/aromatic N) is 2. The minimum Gasteiger partial charge on any atom is -0.496 e. The number of amides is 1. The molecule has 1 aromatic heterocycles. The molecule has 29 heavy (non-hydrogen) atoms. The molecule has 0 spiro atoms. The molecule has 0 unspecified atom stereocenters. The number of rotatable bonds is 5. The van der Waals surface area contributed by atoms with Gasteiger partial charge in [-0.1, -0.05) is 12.1 Å². The Bertz CT molecular complexity index is 1190. The van der Waals surface area contributed by atoms with Gasteiger partial charge in [0.1, 0.15) is 5.75 Å². The van der Waals surface area contributed by atoms with E-state index in [2.05, 4.69) is 10.3 Å². The molecule has 2 heterocycles. The minimum atomic E-state index is -3.31. The molecule has 1 N–H and O–H groups in total. The summed E-state index contributed by atoms with van der Waals surface area (Å²) < 4.78 is 30.4. The highest BCUT2D eigenvalue weighted by molar-refractivity contribution is 7.92. The molecule has 4 rings (SSSR count). The zero-order valence-corrected chi connectivity index (χ0v) is 17.5. The molecular weight excluding hydrogens is 410 g/mol. The average molecular weight is 430 g/mol. The van der Waals surface area contributed by atoms with Gasteiger partial charge >= 0.3 is 0 Å². The zero-order chi connectivity index (χ0) is 20.6. The van der Waals surface area contributed by atoms with Gasteiger partial charge in [0.2, 0.25) is 10.0 Å². The molecule has 9 heteroatoms. The van der Waals surface area contributed by atoms with E-state index in [1.54, 1.807) is 25.3 Å². The van der Waals surface area contributed by atoms with Crippen LogP contribution in [0.1, 0.15) is 15.9 Å². The van der Waals surface area contributed by atoms with Crippen molar-refractivity contribution >= 4 is 38.1 Å². The molecule has 7 nitrogen and oxygen atoms in total. The topological polar surface area (TPSA) is 88.6 Å². The normalized spacial score (nSPS) is 13.2. The molecule has 0 radical (unpaired) electrons. The Morgan fingerprint density at radius 3 is 2.79 bits per heavy atom. The average Bonchev–Trinajstić information content (AvgIpc) is 3.34. The first-order valence-electron chi connectivity index (χ1n) is 8.88. The number of hydrogen-bond donors (Lipinski definition) is 1. The standard InChI is InChI=1S/C20H19N3O4S2/c1-27-18-6-4-3-5-15(18)16-12-28-20(21-16)22-19(24)14-7-8-17-13(11-14)9-10-23(17)29(2,25)26/h3-8,11-12H,9-10H2,1-2H3,(H,21,22,24). The summed E-state index contributed by atoms with van der Waals surface area (Å²) in [5, 5.41) is 5.16. The Kier molecular flexibility index (Phi) is 5.01. The van der Waals surface area contributed by atoms with Crippen LogP contribution in [0, 0.1) is 0 Å².